The first-order valence-corrected chi connectivity index (χ1v) is 27.9. The summed E-state index contributed by atoms with van der Waals surface area (Å²) < 4.78 is 60.8. The number of rotatable bonds is 17. The molecule has 78 heavy (non-hydrogen) atoms. The fourth-order valence-electron chi connectivity index (χ4n) is 12.2. The van der Waals surface area contributed by atoms with E-state index in [1.54, 1.807) is 61.8 Å². The number of likely N-dealkylation sites (N-methyl/N-ethyl adjacent to an activating group) is 2. The molecule has 20 atom stereocenters. The van der Waals surface area contributed by atoms with E-state index in [4.69, 9.17) is 38.9 Å². The fourth-order valence-corrected chi connectivity index (χ4v) is 12.2. The zero-order chi connectivity index (χ0) is 57.6. The summed E-state index contributed by atoms with van der Waals surface area (Å²) in [5, 5.41) is 68.7. The molecule has 3 aliphatic rings. The largest absolute Gasteiger partial charge is 0.459 e. The number of esters is 1. The highest BCUT2D eigenvalue weighted by Crippen LogP contribution is 2.41. The molecule has 0 bridgehead atoms. The number of aliphatic hydroxyl groups is 5. The lowest BCUT2D eigenvalue weighted by Gasteiger charge is -2.49. The highest BCUT2D eigenvalue weighted by Gasteiger charge is 2.53. The third-order valence-electron chi connectivity index (χ3n) is 17.3. The highest BCUT2D eigenvalue weighted by atomic mass is 19.1. The Kier molecular flexibility index (Phi) is 22.0. The molecule has 3 aliphatic heterocycles. The summed E-state index contributed by atoms with van der Waals surface area (Å²) in [6.07, 6.45) is -8.02. The molecule has 0 amide bonds. The molecule has 440 valence electrons. The van der Waals surface area contributed by atoms with Crippen LogP contribution in [0.3, 0.4) is 0 Å². The van der Waals surface area contributed by atoms with Gasteiger partial charge in [0.05, 0.1) is 47.2 Å². The molecular weight excluding hydrogens is 1010 g/mol. The monoisotopic (exact) mass is 1100 g/mol. The Balaban J connectivity index is 1.24. The second-order valence-corrected chi connectivity index (χ2v) is 23.5. The first kappa shape index (κ1) is 63.6. The van der Waals surface area contributed by atoms with E-state index in [2.05, 4.69) is 10.3 Å². The van der Waals surface area contributed by atoms with Gasteiger partial charge in [-0.1, -0.05) is 74.5 Å². The maximum absolute atomic E-state index is 15.0. The molecule has 6 rings (SSSR count). The quantitative estimate of drug-likeness (QED) is 0.0960. The van der Waals surface area contributed by atoms with Gasteiger partial charge >= 0.3 is 5.97 Å². The Bertz CT molecular complexity index is 2330. The molecule has 20 heteroatoms. The summed E-state index contributed by atoms with van der Waals surface area (Å²) in [5.74, 6) is -2.88. The van der Waals surface area contributed by atoms with Crippen molar-refractivity contribution in [3.05, 3.63) is 71.5 Å². The van der Waals surface area contributed by atoms with Gasteiger partial charge in [0.25, 0.3) is 0 Å². The molecule has 0 spiro atoms. The Morgan fingerprint density at radius 3 is 2.15 bits per heavy atom. The minimum Gasteiger partial charge on any atom is -0.459 e. The van der Waals surface area contributed by atoms with E-state index < -0.39 is 127 Å². The molecular formula is C58H93FN6O13. The van der Waals surface area contributed by atoms with Gasteiger partial charge in [0.2, 0.25) is 0 Å². The van der Waals surface area contributed by atoms with Crippen molar-refractivity contribution >= 4 is 5.97 Å². The molecule has 19 nitrogen and oxygen atoms in total. The maximum atomic E-state index is 15.0. The third-order valence-corrected chi connectivity index (χ3v) is 17.3. The molecule has 4 heterocycles. The second-order valence-electron chi connectivity index (χ2n) is 23.5. The lowest BCUT2D eigenvalue weighted by molar-refractivity contribution is -0.318. The zero-order valence-electron chi connectivity index (χ0n) is 48.6. The first-order chi connectivity index (χ1) is 36.7. The number of carbonyl (C=O) groups excluding carboxylic acids is 1. The van der Waals surface area contributed by atoms with Gasteiger partial charge in [0, 0.05) is 70.9 Å². The zero-order valence-corrected chi connectivity index (χ0v) is 48.6. The SMILES string of the molecule is CC[C@H]1OC(=O)[C@H](C)[C@@H](O[C@H]2C[C@@](C)(OC)[C@@H](O)[C@H](C)O2)[C@H](C)[C@@H](O[C@@H]2O[C@H](C)C[C@H](N(C)CCc3cn([C@H](CF)[C@H](OC)c4ccc(-c5ccc(CN)cc5)cc4)nn3)[C@H]2O)[C@](C)(O)C[C@@H](C)CN(C)[C@H](C)[C@@H](O)[C@]1(C)O. The molecule has 1 aromatic heterocycles. The van der Waals surface area contributed by atoms with Crippen molar-refractivity contribution in [2.75, 3.05) is 48.1 Å². The van der Waals surface area contributed by atoms with Crippen LogP contribution in [0.1, 0.15) is 124 Å². The van der Waals surface area contributed by atoms with Crippen LogP contribution in [0.15, 0.2) is 54.7 Å². The molecule has 3 saturated heterocycles. The van der Waals surface area contributed by atoms with Gasteiger partial charge in [-0.05, 0) is 110 Å². The number of alkyl halides is 1. The standard InChI is InChI=1S/C58H93FN6O13/c1-15-46-58(10,71)51(67)37(6)64(12)31-33(2)27-56(8,70)53(35(4)49(36(5)54(69)76-46)77-47-28-57(9,73-14)52(68)38(7)75-47)78-55-48(66)44(26-34(3)74-55)63(11)25-24-43-32-65(62-61-43)45(29-59)50(72-13)42-22-20-41(21-23-42)40-18-16-39(30-60)17-19-40/h16-23,32-38,44-53,55,66-68,70-71H,15,24-31,60H2,1-14H3/t33-,34-,35+,36-,37-,38+,44+,45-,46-,47+,48-,49+,50-,51-,52+,53-,55+,56-,57-,58-/m1/s1. The number of nitrogens with two attached hydrogens (primary N) is 1. The van der Waals surface area contributed by atoms with Crippen LogP contribution in [0.25, 0.3) is 11.1 Å². The smallest absolute Gasteiger partial charge is 0.311 e. The van der Waals surface area contributed by atoms with Gasteiger partial charge in [-0.15, -0.1) is 5.10 Å². The number of nitrogens with zero attached hydrogens (tertiary/aromatic N) is 5. The summed E-state index contributed by atoms with van der Waals surface area (Å²) in [7, 11) is 6.76. The number of benzene rings is 2. The van der Waals surface area contributed by atoms with E-state index in [1.165, 1.54) is 18.7 Å². The molecule has 3 fully saturated rings. The van der Waals surface area contributed by atoms with Crippen LogP contribution in [0.4, 0.5) is 4.39 Å². The van der Waals surface area contributed by atoms with Crippen LogP contribution in [0, 0.1) is 17.8 Å². The number of carbonyl (C=O) groups is 1. The predicted octanol–water partition coefficient (Wildman–Crippen LogP) is 5.13. The van der Waals surface area contributed by atoms with Crippen LogP contribution in [-0.4, -0.2) is 195 Å². The number of aromatic nitrogens is 3. The van der Waals surface area contributed by atoms with Crippen LogP contribution in [-0.2, 0) is 50.9 Å². The Morgan fingerprint density at radius 2 is 1.56 bits per heavy atom. The summed E-state index contributed by atoms with van der Waals surface area (Å²) in [5.41, 5.74) is 5.66. The van der Waals surface area contributed by atoms with Crippen molar-refractivity contribution in [1.29, 1.82) is 0 Å². The van der Waals surface area contributed by atoms with Gasteiger partial charge in [-0.2, -0.15) is 0 Å². The molecule has 0 unspecified atom stereocenters. The Morgan fingerprint density at radius 1 is 0.923 bits per heavy atom. The van der Waals surface area contributed by atoms with Gasteiger partial charge < -0.3 is 74.2 Å². The molecule has 0 aliphatic carbocycles. The number of ether oxygens (including phenoxy) is 7. The summed E-state index contributed by atoms with van der Waals surface area (Å²) in [6, 6.07) is 14.0. The predicted molar refractivity (Wildman–Crippen MR) is 291 cm³/mol. The van der Waals surface area contributed by atoms with Crippen molar-refractivity contribution in [1.82, 2.24) is 24.8 Å². The van der Waals surface area contributed by atoms with Crippen molar-refractivity contribution < 1.29 is 67.9 Å². The van der Waals surface area contributed by atoms with E-state index in [1.807, 2.05) is 86.3 Å². The van der Waals surface area contributed by atoms with E-state index in [0.717, 1.165) is 22.3 Å². The Hall–Kier alpha value is -3.58. The van der Waals surface area contributed by atoms with Crippen molar-refractivity contribution in [3.8, 4) is 11.1 Å². The minimum atomic E-state index is -1.85. The number of cyclic esters (lactones) is 1. The topological polar surface area (TPSA) is 246 Å². The lowest BCUT2D eigenvalue weighted by atomic mass is 9.77. The molecule has 2 aromatic carbocycles. The van der Waals surface area contributed by atoms with E-state index in [-0.39, 0.29) is 25.2 Å². The number of aliphatic hydroxyl groups excluding tert-OH is 3. The van der Waals surface area contributed by atoms with Crippen molar-refractivity contribution in [2.24, 2.45) is 23.5 Å². The van der Waals surface area contributed by atoms with E-state index >= 15 is 0 Å². The fraction of sp³-hybridized carbons (Fsp3) is 0.741. The summed E-state index contributed by atoms with van der Waals surface area (Å²) in [4.78, 5) is 18.5. The summed E-state index contributed by atoms with van der Waals surface area (Å²) >= 11 is 0. The van der Waals surface area contributed by atoms with Crippen LogP contribution in [0.5, 0.6) is 0 Å². The van der Waals surface area contributed by atoms with Crippen LogP contribution in [0.2, 0.25) is 0 Å². The highest BCUT2D eigenvalue weighted by molar-refractivity contribution is 5.73. The summed E-state index contributed by atoms with van der Waals surface area (Å²) in [6.45, 7) is 18.0. The van der Waals surface area contributed by atoms with Gasteiger partial charge in [-0.25, -0.2) is 9.07 Å². The van der Waals surface area contributed by atoms with Crippen LogP contribution >= 0.6 is 0 Å². The maximum Gasteiger partial charge on any atom is 0.311 e. The normalized spacial score (nSPS) is 37.8. The average molecular weight is 1100 g/mol. The van der Waals surface area contributed by atoms with E-state index in [9.17, 15) is 34.7 Å². The van der Waals surface area contributed by atoms with Gasteiger partial charge in [-0.3, -0.25) is 4.79 Å². The lowest BCUT2D eigenvalue weighted by Crippen LogP contribution is -2.61. The van der Waals surface area contributed by atoms with E-state index in [0.29, 0.717) is 38.2 Å². The molecule has 0 radical (unpaired) electrons. The van der Waals surface area contributed by atoms with Gasteiger partial charge in [0.15, 0.2) is 12.6 Å². The first-order valence-electron chi connectivity index (χ1n) is 27.9. The minimum absolute atomic E-state index is 0.0826. The van der Waals surface area contributed by atoms with Crippen molar-refractivity contribution in [2.45, 2.75) is 210 Å². The number of halogens is 1. The Labute approximate surface area is 461 Å². The third kappa shape index (κ3) is 14.5. The average Bonchev–Trinajstić information content (AvgIpc) is 3.89. The number of hydrogen-bond acceptors (Lipinski definition) is 18. The molecule has 0 saturated carbocycles. The number of methoxy groups -OCH3 is 2. The van der Waals surface area contributed by atoms with Crippen LogP contribution < -0.4 is 5.73 Å². The molecule has 3 aromatic rings. The van der Waals surface area contributed by atoms with Crippen molar-refractivity contribution in [3.63, 3.8) is 0 Å². The van der Waals surface area contributed by atoms with Gasteiger partial charge in [0.1, 0.15) is 48.8 Å². The molecule has 7 N–H and O–H groups in total. The number of hydrogen-bond donors (Lipinski definition) is 6. The second kappa shape index (κ2) is 27.0.